The molecule has 0 aliphatic carbocycles. The van der Waals surface area contributed by atoms with Crippen LogP contribution in [0.2, 0.25) is 0 Å². The maximum Gasteiger partial charge on any atom is 0.217 e. The Labute approximate surface area is 272 Å². The van der Waals surface area contributed by atoms with Crippen LogP contribution in [0.5, 0.6) is 0 Å². The van der Waals surface area contributed by atoms with Crippen LogP contribution in [0.3, 0.4) is 0 Å². The van der Waals surface area contributed by atoms with Gasteiger partial charge in [0.15, 0.2) is 12.6 Å². The zero-order valence-corrected chi connectivity index (χ0v) is 27.4. The molecule has 0 radical (unpaired) electrons. The lowest BCUT2D eigenvalue weighted by atomic mass is 9.95. The van der Waals surface area contributed by atoms with Gasteiger partial charge in [-0.05, 0) is 12.8 Å². The smallest absolute Gasteiger partial charge is 0.217 e. The molecule has 2 aliphatic heterocycles. The zero-order chi connectivity index (χ0) is 34.1. The summed E-state index contributed by atoms with van der Waals surface area (Å²) in [5.41, 5.74) is 6.13. The third-order valence-electron chi connectivity index (χ3n) is 8.56. The van der Waals surface area contributed by atoms with E-state index in [0.717, 1.165) is 19.3 Å². The average Bonchev–Trinajstić information content (AvgIpc) is 3.04. The first-order valence-corrected chi connectivity index (χ1v) is 16.9. The quantitative estimate of drug-likeness (QED) is 0.0536. The summed E-state index contributed by atoms with van der Waals surface area (Å²) >= 11 is 0. The molecule has 0 spiro atoms. The minimum absolute atomic E-state index is 0.214. The second kappa shape index (κ2) is 22.4. The molecule has 14 nitrogen and oxygen atoms in total. The van der Waals surface area contributed by atoms with E-state index in [4.69, 9.17) is 24.7 Å². The number of carbonyl (C=O) groups is 1. The molecule has 0 unspecified atom stereocenters. The summed E-state index contributed by atoms with van der Waals surface area (Å²) < 4.78 is 22.6. The molecule has 2 heterocycles. The maximum absolute atomic E-state index is 12.0. The molecule has 2 fully saturated rings. The van der Waals surface area contributed by atoms with Gasteiger partial charge in [-0.1, -0.05) is 83.3 Å². The van der Waals surface area contributed by atoms with Crippen LogP contribution in [0, 0.1) is 0 Å². The van der Waals surface area contributed by atoms with E-state index in [1.807, 2.05) is 6.08 Å². The highest BCUT2D eigenvalue weighted by atomic mass is 16.7. The summed E-state index contributed by atoms with van der Waals surface area (Å²) in [5, 5.41) is 74.1. The second-order valence-corrected chi connectivity index (χ2v) is 12.5. The van der Waals surface area contributed by atoms with Gasteiger partial charge in [-0.25, -0.2) is 0 Å². The second-order valence-electron chi connectivity index (χ2n) is 12.5. The first-order chi connectivity index (χ1) is 22.0. The Morgan fingerprint density at radius 3 is 1.96 bits per heavy atom. The van der Waals surface area contributed by atoms with Crippen molar-refractivity contribution in [1.82, 2.24) is 5.32 Å². The fraction of sp³-hybridized carbons (Fsp3) is 0.906. The van der Waals surface area contributed by atoms with Crippen LogP contribution in [0.1, 0.15) is 90.9 Å². The minimum atomic E-state index is -1.76. The number of rotatable bonds is 22. The Hall–Kier alpha value is -1.27. The molecule has 0 aromatic rings. The molecule has 10 N–H and O–H groups in total. The summed E-state index contributed by atoms with van der Waals surface area (Å²) in [4.78, 5) is 12.0. The van der Waals surface area contributed by atoms with Crippen LogP contribution in [0.15, 0.2) is 12.2 Å². The normalized spacial score (nSPS) is 33.3. The van der Waals surface area contributed by atoms with Crippen molar-refractivity contribution in [3.8, 4) is 0 Å². The van der Waals surface area contributed by atoms with Crippen molar-refractivity contribution in [2.24, 2.45) is 5.73 Å². The Bertz CT molecular complexity index is 852. The monoisotopic (exact) mass is 664 g/mol. The molecule has 0 aromatic heterocycles. The fourth-order valence-corrected chi connectivity index (χ4v) is 5.71. The molecule has 1 amide bonds. The number of amides is 1. The van der Waals surface area contributed by atoms with Gasteiger partial charge in [-0.3, -0.25) is 4.79 Å². The SMILES string of the molecule is CCCCCCCCCCCCC/C=C/[C@@H](O)[C@@H](N)CO[C@@H]1O[C@H](CO)[C@@H](O[C@@H]2O[C@H](CO)[C@H](O)[C@H](O)[C@H]2O)[C@H](O)[C@H]1NC(C)=O. The van der Waals surface area contributed by atoms with E-state index in [9.17, 15) is 40.5 Å². The van der Waals surface area contributed by atoms with Gasteiger partial charge in [0.1, 0.15) is 48.8 Å². The highest BCUT2D eigenvalue weighted by molar-refractivity contribution is 5.73. The molecule has 0 saturated carbocycles. The van der Waals surface area contributed by atoms with Gasteiger partial charge in [-0.2, -0.15) is 0 Å². The molecule has 270 valence electrons. The van der Waals surface area contributed by atoms with Crippen LogP contribution in [0.25, 0.3) is 0 Å². The largest absolute Gasteiger partial charge is 0.394 e. The number of hydrogen-bond donors (Lipinski definition) is 9. The highest BCUT2D eigenvalue weighted by Crippen LogP contribution is 2.29. The van der Waals surface area contributed by atoms with Crippen LogP contribution >= 0.6 is 0 Å². The first kappa shape index (κ1) is 40.9. The third kappa shape index (κ3) is 13.3. The molecule has 12 atom stereocenters. The van der Waals surface area contributed by atoms with Crippen LogP contribution in [-0.4, -0.2) is 135 Å². The predicted molar refractivity (Wildman–Crippen MR) is 168 cm³/mol. The van der Waals surface area contributed by atoms with Crippen molar-refractivity contribution >= 4 is 5.91 Å². The number of unbranched alkanes of at least 4 members (excludes halogenated alkanes) is 11. The van der Waals surface area contributed by atoms with E-state index < -0.39 is 92.6 Å². The molecule has 0 aromatic carbocycles. The summed E-state index contributed by atoms with van der Waals surface area (Å²) in [6.45, 7) is 1.86. The maximum atomic E-state index is 12.0. The minimum Gasteiger partial charge on any atom is -0.394 e. The van der Waals surface area contributed by atoms with E-state index >= 15 is 0 Å². The summed E-state index contributed by atoms with van der Waals surface area (Å²) in [7, 11) is 0. The highest BCUT2D eigenvalue weighted by Gasteiger charge is 2.51. The van der Waals surface area contributed by atoms with Crippen molar-refractivity contribution in [2.75, 3.05) is 19.8 Å². The van der Waals surface area contributed by atoms with Crippen LogP contribution < -0.4 is 11.1 Å². The zero-order valence-electron chi connectivity index (χ0n) is 27.4. The van der Waals surface area contributed by atoms with E-state index in [2.05, 4.69) is 12.2 Å². The van der Waals surface area contributed by atoms with Gasteiger partial charge in [0.05, 0.1) is 32.0 Å². The predicted octanol–water partition coefficient (Wildman–Crippen LogP) is -0.284. The van der Waals surface area contributed by atoms with Crippen molar-refractivity contribution in [3.05, 3.63) is 12.2 Å². The van der Waals surface area contributed by atoms with E-state index in [-0.39, 0.29) is 6.61 Å². The van der Waals surface area contributed by atoms with Crippen LogP contribution in [-0.2, 0) is 23.7 Å². The van der Waals surface area contributed by atoms with Crippen LogP contribution in [0.4, 0.5) is 0 Å². The third-order valence-corrected chi connectivity index (χ3v) is 8.56. The van der Waals surface area contributed by atoms with Crippen molar-refractivity contribution < 1.29 is 59.5 Å². The van der Waals surface area contributed by atoms with E-state index in [1.54, 1.807) is 6.08 Å². The standard InChI is InChI=1S/C32H60N2O12/c1-3-4-5-6-7-8-9-10-11-12-13-14-15-16-22(38)21(33)19-43-31-25(34-20(2)37)27(40)30(24(18-36)45-31)46-32-29(42)28(41)26(39)23(17-35)44-32/h15-16,21-32,35-36,38-42H,3-14,17-19,33H2,1-2H3,(H,34,37)/b16-15+/t21-,22+,23+,24+,25+,26-,27+,28-,29+,30+,31+,32-/m0/s1. The Morgan fingerprint density at radius 1 is 0.826 bits per heavy atom. The number of hydrogen-bond acceptors (Lipinski definition) is 13. The summed E-state index contributed by atoms with van der Waals surface area (Å²) in [6.07, 6.45) is 3.60. The molecule has 14 heteroatoms. The Kier molecular flexibility index (Phi) is 19.9. The number of carbonyl (C=O) groups excluding carboxylic acids is 1. The molecular weight excluding hydrogens is 604 g/mol. The van der Waals surface area contributed by atoms with Crippen molar-refractivity contribution in [2.45, 2.75) is 164 Å². The number of allylic oxidation sites excluding steroid dienone is 1. The van der Waals surface area contributed by atoms with E-state index in [0.29, 0.717) is 0 Å². The number of aliphatic hydroxyl groups is 7. The lowest BCUT2D eigenvalue weighted by Gasteiger charge is -2.47. The number of aliphatic hydroxyl groups excluding tert-OH is 7. The Balaban J connectivity index is 1.83. The molecule has 46 heavy (non-hydrogen) atoms. The topological polar surface area (TPSA) is 234 Å². The van der Waals surface area contributed by atoms with Crippen molar-refractivity contribution in [3.63, 3.8) is 0 Å². The first-order valence-electron chi connectivity index (χ1n) is 16.9. The lowest BCUT2D eigenvalue weighted by Crippen LogP contribution is -2.67. The summed E-state index contributed by atoms with van der Waals surface area (Å²) in [6, 6.07) is -2.08. The number of nitrogens with two attached hydrogens (primary N) is 1. The van der Waals surface area contributed by atoms with Gasteiger partial charge in [0.25, 0.3) is 0 Å². The van der Waals surface area contributed by atoms with Gasteiger partial charge < -0.3 is 65.7 Å². The van der Waals surface area contributed by atoms with Gasteiger partial charge in [0, 0.05) is 6.92 Å². The fourth-order valence-electron chi connectivity index (χ4n) is 5.71. The molecular formula is C32H60N2O12. The molecule has 2 saturated heterocycles. The molecule has 0 bridgehead atoms. The van der Waals surface area contributed by atoms with Gasteiger partial charge in [0.2, 0.25) is 5.91 Å². The van der Waals surface area contributed by atoms with E-state index in [1.165, 1.54) is 64.7 Å². The summed E-state index contributed by atoms with van der Waals surface area (Å²) in [5.74, 6) is -0.537. The Morgan fingerprint density at radius 2 is 1.39 bits per heavy atom. The van der Waals surface area contributed by atoms with Crippen molar-refractivity contribution in [1.29, 1.82) is 0 Å². The number of ether oxygens (including phenoxy) is 4. The van der Waals surface area contributed by atoms with Gasteiger partial charge in [-0.15, -0.1) is 0 Å². The number of nitrogens with one attached hydrogen (secondary N) is 1. The molecule has 2 aliphatic rings. The van der Waals surface area contributed by atoms with Gasteiger partial charge >= 0.3 is 0 Å². The average molecular weight is 665 g/mol. The molecule has 2 rings (SSSR count). The lowest BCUT2D eigenvalue weighted by molar-refractivity contribution is -0.348.